The van der Waals surface area contributed by atoms with Crippen LogP contribution in [0.3, 0.4) is 0 Å². The summed E-state index contributed by atoms with van der Waals surface area (Å²) in [7, 11) is 0. The van der Waals surface area contributed by atoms with Gasteiger partial charge in [-0.2, -0.15) is 0 Å². The highest BCUT2D eigenvalue weighted by Gasteiger charge is 2.11. The smallest absolute Gasteiger partial charge is 0.252 e. The predicted octanol–water partition coefficient (Wildman–Crippen LogP) is 2.76. The summed E-state index contributed by atoms with van der Waals surface area (Å²) < 4.78 is 6.76. The molecule has 0 aliphatic carbocycles. The van der Waals surface area contributed by atoms with E-state index >= 15 is 0 Å². The van der Waals surface area contributed by atoms with Gasteiger partial charge in [-0.1, -0.05) is 24.3 Å². The van der Waals surface area contributed by atoms with Gasteiger partial charge in [0, 0.05) is 23.5 Å². The molecule has 3 aromatic heterocycles. The first-order valence-electron chi connectivity index (χ1n) is 6.99. The number of benzene rings is 1. The lowest BCUT2D eigenvalue weighted by Gasteiger charge is -2.04. The molecule has 4 rings (SSSR count). The number of aromatic nitrogens is 3. The number of oxazole rings is 1. The number of nitrogens with two attached hydrogens (primary N) is 1. The van der Waals surface area contributed by atoms with E-state index in [1.807, 2.05) is 36.5 Å². The molecule has 4 aromatic rings. The Kier molecular flexibility index (Phi) is 2.94. The molecule has 1 aromatic carbocycles. The first-order chi connectivity index (χ1) is 11.2. The number of nitrogens with zero attached hydrogens (tertiary/aromatic N) is 3. The third-order valence-electron chi connectivity index (χ3n) is 3.68. The van der Waals surface area contributed by atoms with E-state index in [4.69, 9.17) is 10.2 Å². The monoisotopic (exact) mass is 304 g/mol. The number of hydrogen-bond donors (Lipinski definition) is 1. The average Bonchev–Trinajstić information content (AvgIpc) is 3.24. The van der Waals surface area contributed by atoms with E-state index in [2.05, 4.69) is 9.97 Å². The van der Waals surface area contributed by atoms with E-state index < -0.39 is 5.91 Å². The molecule has 0 saturated heterocycles. The summed E-state index contributed by atoms with van der Waals surface area (Å²) in [5, 5.41) is 0. The summed E-state index contributed by atoms with van der Waals surface area (Å²) in [6.07, 6.45) is 6.62. The zero-order chi connectivity index (χ0) is 15.8. The molecule has 112 valence electrons. The molecule has 0 radical (unpaired) electrons. The lowest BCUT2D eigenvalue weighted by atomic mass is 10.1. The van der Waals surface area contributed by atoms with Gasteiger partial charge in [-0.05, 0) is 12.1 Å². The Labute approximate surface area is 131 Å². The molecule has 0 aliphatic heterocycles. The molecule has 0 saturated carbocycles. The third kappa shape index (κ3) is 2.26. The van der Waals surface area contributed by atoms with Crippen LogP contribution >= 0.6 is 0 Å². The molecule has 6 nitrogen and oxygen atoms in total. The van der Waals surface area contributed by atoms with Crippen LogP contribution in [0.2, 0.25) is 0 Å². The van der Waals surface area contributed by atoms with Crippen LogP contribution in [0.25, 0.3) is 28.2 Å². The molecular weight excluding hydrogens is 292 g/mol. The SMILES string of the molecule is NC(=O)c1ccn2ccc(-c3ccc(-c4cocn4)cc3)nc12. The zero-order valence-corrected chi connectivity index (χ0v) is 12.0. The van der Waals surface area contributed by atoms with Crippen molar-refractivity contribution in [2.24, 2.45) is 5.73 Å². The predicted molar refractivity (Wildman–Crippen MR) is 84.6 cm³/mol. The van der Waals surface area contributed by atoms with Crippen LogP contribution in [-0.4, -0.2) is 20.3 Å². The molecule has 0 unspecified atom stereocenters. The Hall–Kier alpha value is -3.41. The van der Waals surface area contributed by atoms with E-state index in [0.29, 0.717) is 11.2 Å². The largest absolute Gasteiger partial charge is 0.451 e. The van der Waals surface area contributed by atoms with Gasteiger partial charge in [0.15, 0.2) is 6.39 Å². The average molecular weight is 304 g/mol. The fourth-order valence-electron chi connectivity index (χ4n) is 2.50. The van der Waals surface area contributed by atoms with Gasteiger partial charge in [0.25, 0.3) is 5.91 Å². The number of carbonyl (C=O) groups excluding carboxylic acids is 1. The Morgan fingerprint density at radius 1 is 1.00 bits per heavy atom. The molecule has 1 amide bonds. The number of hydrogen-bond acceptors (Lipinski definition) is 4. The standard InChI is InChI=1S/C17H12N4O2/c18-16(22)13-5-7-21-8-6-14(20-17(13)21)11-1-3-12(4-2-11)15-9-23-10-19-15/h1-10H,(H2,18,22). The van der Waals surface area contributed by atoms with Gasteiger partial charge < -0.3 is 14.6 Å². The van der Waals surface area contributed by atoms with Gasteiger partial charge in [0.05, 0.1) is 11.3 Å². The highest BCUT2D eigenvalue weighted by molar-refractivity contribution is 5.99. The molecule has 0 spiro atoms. The molecule has 0 atom stereocenters. The summed E-state index contributed by atoms with van der Waals surface area (Å²) in [6.45, 7) is 0. The van der Waals surface area contributed by atoms with E-state index in [-0.39, 0.29) is 0 Å². The second-order valence-corrected chi connectivity index (χ2v) is 5.09. The van der Waals surface area contributed by atoms with Crippen LogP contribution in [0.5, 0.6) is 0 Å². The Balaban J connectivity index is 1.76. The molecule has 0 bridgehead atoms. The maximum Gasteiger partial charge on any atom is 0.252 e. The zero-order valence-electron chi connectivity index (χ0n) is 12.0. The summed E-state index contributed by atoms with van der Waals surface area (Å²) in [6, 6.07) is 11.4. The van der Waals surface area contributed by atoms with Crippen molar-refractivity contribution in [2.45, 2.75) is 0 Å². The van der Waals surface area contributed by atoms with Crippen molar-refractivity contribution >= 4 is 11.6 Å². The number of primary amides is 1. The number of carbonyl (C=O) groups is 1. The summed E-state index contributed by atoms with van der Waals surface area (Å²) in [5.74, 6) is -0.487. The maximum atomic E-state index is 11.5. The van der Waals surface area contributed by atoms with Crippen molar-refractivity contribution in [2.75, 3.05) is 0 Å². The normalized spacial score (nSPS) is 11.0. The topological polar surface area (TPSA) is 86.4 Å². The molecule has 3 heterocycles. The van der Waals surface area contributed by atoms with Crippen molar-refractivity contribution in [3.8, 4) is 22.5 Å². The van der Waals surface area contributed by atoms with Crippen LogP contribution < -0.4 is 5.73 Å². The minimum absolute atomic E-state index is 0.408. The second-order valence-electron chi connectivity index (χ2n) is 5.09. The van der Waals surface area contributed by atoms with Crippen molar-refractivity contribution < 1.29 is 9.21 Å². The minimum Gasteiger partial charge on any atom is -0.451 e. The minimum atomic E-state index is -0.487. The third-order valence-corrected chi connectivity index (χ3v) is 3.68. The first-order valence-corrected chi connectivity index (χ1v) is 6.99. The molecule has 23 heavy (non-hydrogen) atoms. The summed E-state index contributed by atoms with van der Waals surface area (Å²) in [5.41, 5.74) is 9.79. The van der Waals surface area contributed by atoms with E-state index in [9.17, 15) is 4.79 Å². The number of fused-ring (bicyclic) bond motifs is 1. The van der Waals surface area contributed by atoms with Gasteiger partial charge in [-0.15, -0.1) is 0 Å². The van der Waals surface area contributed by atoms with Gasteiger partial charge in [0.1, 0.15) is 17.6 Å². The van der Waals surface area contributed by atoms with Gasteiger partial charge in [-0.3, -0.25) is 4.79 Å². The quantitative estimate of drug-likeness (QED) is 0.630. The van der Waals surface area contributed by atoms with Crippen LogP contribution in [0.1, 0.15) is 10.4 Å². The maximum absolute atomic E-state index is 11.5. The van der Waals surface area contributed by atoms with E-state index in [0.717, 1.165) is 22.5 Å². The van der Waals surface area contributed by atoms with Crippen LogP contribution in [-0.2, 0) is 0 Å². The lowest BCUT2D eigenvalue weighted by Crippen LogP contribution is -2.11. The molecule has 2 N–H and O–H groups in total. The van der Waals surface area contributed by atoms with Gasteiger partial charge in [0.2, 0.25) is 0 Å². The Morgan fingerprint density at radius 2 is 1.70 bits per heavy atom. The van der Waals surface area contributed by atoms with E-state index in [1.54, 1.807) is 22.9 Å². The fraction of sp³-hybridized carbons (Fsp3) is 0. The molecular formula is C17H12N4O2. The van der Waals surface area contributed by atoms with Gasteiger partial charge in [-0.25, -0.2) is 9.97 Å². The highest BCUT2D eigenvalue weighted by atomic mass is 16.3. The molecule has 6 heteroatoms. The summed E-state index contributed by atoms with van der Waals surface area (Å²) >= 11 is 0. The van der Waals surface area contributed by atoms with Gasteiger partial charge >= 0.3 is 0 Å². The van der Waals surface area contributed by atoms with Crippen molar-refractivity contribution in [3.63, 3.8) is 0 Å². The Morgan fingerprint density at radius 3 is 2.35 bits per heavy atom. The Bertz CT molecular complexity index is 985. The summed E-state index contributed by atoms with van der Waals surface area (Å²) in [4.78, 5) is 20.1. The van der Waals surface area contributed by atoms with Crippen molar-refractivity contribution in [1.82, 2.24) is 14.4 Å². The molecule has 0 aliphatic rings. The molecule has 0 fully saturated rings. The lowest BCUT2D eigenvalue weighted by molar-refractivity contribution is 0.100. The highest BCUT2D eigenvalue weighted by Crippen LogP contribution is 2.23. The fourth-order valence-corrected chi connectivity index (χ4v) is 2.50. The van der Waals surface area contributed by atoms with Crippen molar-refractivity contribution in [1.29, 1.82) is 0 Å². The second kappa shape index (κ2) is 5.10. The van der Waals surface area contributed by atoms with Crippen LogP contribution in [0.4, 0.5) is 0 Å². The van der Waals surface area contributed by atoms with Crippen molar-refractivity contribution in [3.05, 3.63) is 67.0 Å². The van der Waals surface area contributed by atoms with E-state index in [1.165, 1.54) is 6.39 Å². The first kappa shape index (κ1) is 13.3. The van der Waals surface area contributed by atoms with Crippen LogP contribution in [0.15, 0.2) is 65.9 Å². The number of amides is 1. The van der Waals surface area contributed by atoms with Crippen LogP contribution in [0, 0.1) is 0 Å². The number of rotatable bonds is 3.